The van der Waals surface area contributed by atoms with Crippen molar-refractivity contribution in [1.82, 2.24) is 15.0 Å². The van der Waals surface area contributed by atoms with E-state index in [1.807, 2.05) is 29.2 Å². The third kappa shape index (κ3) is 3.38. The quantitative estimate of drug-likeness (QED) is 0.510. The minimum Gasteiger partial charge on any atom is -0.431 e. The maximum absolute atomic E-state index is 11.8. The average molecular weight is 365 g/mol. The molecule has 138 valence electrons. The molecule has 0 saturated carbocycles. The van der Waals surface area contributed by atoms with Crippen LogP contribution in [0.2, 0.25) is 0 Å². The summed E-state index contributed by atoms with van der Waals surface area (Å²) in [4.78, 5) is 25.9. The first-order chi connectivity index (χ1) is 13.1. The molecule has 1 aliphatic heterocycles. The number of pyridine rings is 1. The minimum absolute atomic E-state index is 0.0682. The van der Waals surface area contributed by atoms with E-state index in [0.29, 0.717) is 23.0 Å². The van der Waals surface area contributed by atoms with Crippen LogP contribution in [0.4, 0.5) is 11.5 Å². The maximum atomic E-state index is 11.8. The molecule has 3 heterocycles. The lowest BCUT2D eigenvalue weighted by Crippen LogP contribution is -2.35. The first-order valence-corrected chi connectivity index (χ1v) is 8.89. The number of aromatic nitrogens is 3. The largest absolute Gasteiger partial charge is 0.431 e. The van der Waals surface area contributed by atoms with Crippen LogP contribution in [0.5, 0.6) is 11.6 Å². The number of ether oxygens (including phenoxy) is 1. The van der Waals surface area contributed by atoms with Crippen LogP contribution in [-0.4, -0.2) is 33.0 Å². The number of nitro groups is 1. The van der Waals surface area contributed by atoms with Crippen molar-refractivity contribution in [3.63, 3.8) is 0 Å². The first-order valence-electron chi connectivity index (χ1n) is 8.89. The molecule has 1 unspecified atom stereocenters. The van der Waals surface area contributed by atoms with Crippen LogP contribution in [0.25, 0.3) is 10.9 Å². The molecular weight excluding hydrogens is 346 g/mol. The number of piperidine rings is 1. The summed E-state index contributed by atoms with van der Waals surface area (Å²) in [7, 11) is 0. The van der Waals surface area contributed by atoms with Gasteiger partial charge in [0, 0.05) is 24.7 Å². The summed E-state index contributed by atoms with van der Waals surface area (Å²) in [5, 5.41) is 12.7. The lowest BCUT2D eigenvalue weighted by molar-refractivity contribution is -0.385. The van der Waals surface area contributed by atoms with E-state index in [4.69, 9.17) is 4.74 Å². The highest BCUT2D eigenvalue weighted by Gasteiger charge is 2.31. The predicted octanol–water partition coefficient (Wildman–Crippen LogP) is 3.96. The van der Waals surface area contributed by atoms with Crippen molar-refractivity contribution in [2.75, 3.05) is 18.0 Å². The van der Waals surface area contributed by atoms with Crippen LogP contribution in [0.3, 0.4) is 0 Å². The van der Waals surface area contributed by atoms with E-state index in [0.717, 1.165) is 31.3 Å². The summed E-state index contributed by atoms with van der Waals surface area (Å²) >= 11 is 0. The Morgan fingerprint density at radius 3 is 2.89 bits per heavy atom. The van der Waals surface area contributed by atoms with E-state index in [1.165, 1.54) is 6.33 Å². The van der Waals surface area contributed by atoms with Crippen molar-refractivity contribution in [1.29, 1.82) is 0 Å². The average Bonchev–Trinajstić information content (AvgIpc) is 2.68. The minimum atomic E-state index is -0.470. The zero-order valence-electron chi connectivity index (χ0n) is 14.9. The summed E-state index contributed by atoms with van der Waals surface area (Å²) in [6.45, 7) is 3.60. The highest BCUT2D eigenvalue weighted by atomic mass is 16.6. The van der Waals surface area contributed by atoms with Crippen molar-refractivity contribution >= 4 is 22.4 Å². The van der Waals surface area contributed by atoms with Crippen LogP contribution in [0, 0.1) is 16.0 Å². The Hall–Kier alpha value is -3.29. The number of rotatable bonds is 4. The van der Waals surface area contributed by atoms with Crippen molar-refractivity contribution in [2.24, 2.45) is 5.92 Å². The van der Waals surface area contributed by atoms with E-state index in [1.54, 1.807) is 12.3 Å². The van der Waals surface area contributed by atoms with Crippen LogP contribution in [0.1, 0.15) is 19.8 Å². The van der Waals surface area contributed by atoms with Crippen molar-refractivity contribution < 1.29 is 9.66 Å². The second-order valence-electron chi connectivity index (χ2n) is 6.73. The molecule has 27 heavy (non-hydrogen) atoms. The van der Waals surface area contributed by atoms with Gasteiger partial charge in [-0.05, 0) is 30.9 Å². The molecule has 0 amide bonds. The highest BCUT2D eigenvalue weighted by Crippen LogP contribution is 2.38. The first kappa shape index (κ1) is 17.1. The molecule has 0 radical (unpaired) electrons. The molecular formula is C19H19N5O3. The van der Waals surface area contributed by atoms with Crippen molar-refractivity contribution in [2.45, 2.75) is 19.8 Å². The van der Waals surface area contributed by atoms with Crippen molar-refractivity contribution in [3.05, 3.63) is 53.0 Å². The molecule has 0 spiro atoms. The third-order valence-corrected chi connectivity index (χ3v) is 4.71. The number of nitrogens with zero attached hydrogens (tertiary/aromatic N) is 5. The Morgan fingerprint density at radius 2 is 2.07 bits per heavy atom. The second kappa shape index (κ2) is 7.14. The van der Waals surface area contributed by atoms with E-state index < -0.39 is 4.92 Å². The van der Waals surface area contributed by atoms with E-state index in [-0.39, 0.29) is 11.6 Å². The van der Waals surface area contributed by atoms with Gasteiger partial charge in [-0.15, -0.1) is 0 Å². The van der Waals surface area contributed by atoms with Gasteiger partial charge in [-0.3, -0.25) is 15.1 Å². The molecule has 1 fully saturated rings. The van der Waals surface area contributed by atoms with Gasteiger partial charge in [0.05, 0.1) is 4.92 Å². The van der Waals surface area contributed by atoms with Gasteiger partial charge in [0.15, 0.2) is 5.75 Å². The lowest BCUT2D eigenvalue weighted by Gasteiger charge is -2.31. The number of fused-ring (bicyclic) bond motifs is 1. The fraction of sp³-hybridized carbons (Fsp3) is 0.316. The number of hydrogen-bond acceptors (Lipinski definition) is 7. The Bertz CT molecular complexity index is 989. The van der Waals surface area contributed by atoms with Gasteiger partial charge in [-0.25, -0.2) is 4.98 Å². The molecule has 3 aromatic rings. The molecule has 1 saturated heterocycles. The van der Waals surface area contributed by atoms with E-state index in [2.05, 4.69) is 21.9 Å². The molecule has 1 atom stereocenters. The fourth-order valence-electron chi connectivity index (χ4n) is 3.46. The molecule has 1 aliphatic rings. The molecule has 8 heteroatoms. The summed E-state index contributed by atoms with van der Waals surface area (Å²) in [5.41, 5.74) is 0.417. The van der Waals surface area contributed by atoms with Crippen LogP contribution >= 0.6 is 0 Å². The summed E-state index contributed by atoms with van der Waals surface area (Å²) in [5.74, 6) is 1.12. The smallest absolute Gasteiger partial charge is 0.373 e. The standard InChI is InChI=1S/C19H19N5O3/c1-13-5-4-10-23(11-13)18-17(24(25)26)19(22-12-21-18)27-15-8-2-6-14-7-3-9-20-16(14)15/h2-3,6-9,12-13H,4-5,10-11H2,1H3. The van der Waals surface area contributed by atoms with Gasteiger partial charge in [0.2, 0.25) is 5.82 Å². The third-order valence-electron chi connectivity index (χ3n) is 4.71. The normalized spacial score (nSPS) is 17.1. The molecule has 0 N–H and O–H groups in total. The molecule has 0 aliphatic carbocycles. The highest BCUT2D eigenvalue weighted by molar-refractivity contribution is 5.84. The zero-order chi connectivity index (χ0) is 18.8. The van der Waals surface area contributed by atoms with Gasteiger partial charge in [0.1, 0.15) is 11.8 Å². The molecule has 4 rings (SSSR count). The second-order valence-corrected chi connectivity index (χ2v) is 6.73. The molecule has 8 nitrogen and oxygen atoms in total. The van der Waals surface area contributed by atoms with Gasteiger partial charge in [0.25, 0.3) is 0 Å². The van der Waals surface area contributed by atoms with Gasteiger partial charge in [-0.1, -0.05) is 25.1 Å². The number of hydrogen-bond donors (Lipinski definition) is 0. The van der Waals surface area contributed by atoms with E-state index in [9.17, 15) is 10.1 Å². The molecule has 2 aromatic heterocycles. The number of benzene rings is 1. The monoisotopic (exact) mass is 365 g/mol. The van der Waals surface area contributed by atoms with Gasteiger partial charge < -0.3 is 9.64 Å². The van der Waals surface area contributed by atoms with Gasteiger partial charge in [-0.2, -0.15) is 4.98 Å². The summed E-state index contributed by atoms with van der Waals surface area (Å²) < 4.78 is 5.86. The molecule has 0 bridgehead atoms. The number of anilines is 1. The van der Waals surface area contributed by atoms with Gasteiger partial charge >= 0.3 is 11.6 Å². The Morgan fingerprint density at radius 1 is 1.22 bits per heavy atom. The van der Waals surface area contributed by atoms with Crippen LogP contribution in [0.15, 0.2) is 42.9 Å². The Balaban J connectivity index is 1.76. The fourth-order valence-corrected chi connectivity index (χ4v) is 3.46. The van der Waals surface area contributed by atoms with E-state index >= 15 is 0 Å². The van der Waals surface area contributed by atoms with Crippen molar-refractivity contribution in [3.8, 4) is 11.6 Å². The zero-order valence-corrected chi connectivity index (χ0v) is 14.9. The molecule has 1 aromatic carbocycles. The Labute approximate surface area is 156 Å². The Kier molecular flexibility index (Phi) is 4.53. The summed E-state index contributed by atoms with van der Waals surface area (Å²) in [6.07, 6.45) is 5.06. The SMILES string of the molecule is CC1CCCN(c2ncnc(Oc3cccc4cccnc34)c2[N+](=O)[O-])C1. The maximum Gasteiger partial charge on any atom is 0.373 e. The summed E-state index contributed by atoms with van der Waals surface area (Å²) in [6, 6.07) is 9.19. The topological polar surface area (TPSA) is 94.3 Å². The number of para-hydroxylation sites is 1. The predicted molar refractivity (Wildman–Crippen MR) is 101 cm³/mol. The van der Waals surface area contributed by atoms with Crippen LogP contribution < -0.4 is 9.64 Å². The lowest BCUT2D eigenvalue weighted by atomic mass is 10.0. The van der Waals surface area contributed by atoms with Crippen LogP contribution in [-0.2, 0) is 0 Å².